The molecule has 0 spiro atoms. The molecule has 1 aromatic heterocycles. The Kier molecular flexibility index (Phi) is 4.01. The van der Waals surface area contributed by atoms with Crippen LogP contribution >= 0.6 is 11.3 Å². The van der Waals surface area contributed by atoms with Gasteiger partial charge in [0.25, 0.3) is 5.69 Å². The molecule has 0 aliphatic carbocycles. The second kappa shape index (κ2) is 6.33. The number of non-ortho nitro benzene ring substituents is 1. The molecule has 0 bridgehead atoms. The highest BCUT2D eigenvalue weighted by Crippen LogP contribution is 2.32. The van der Waals surface area contributed by atoms with Crippen molar-refractivity contribution < 1.29 is 4.92 Å². The number of thiazole rings is 1. The molecule has 2 aromatic carbocycles. The summed E-state index contributed by atoms with van der Waals surface area (Å²) in [6.45, 7) is 5.80. The number of aromatic nitrogens is 1. The fraction of sp³-hybridized carbons (Fsp3) is 0.278. The molecule has 4 rings (SSSR count). The number of benzene rings is 2. The van der Waals surface area contributed by atoms with Crippen LogP contribution in [0.5, 0.6) is 0 Å². The zero-order valence-corrected chi connectivity index (χ0v) is 14.7. The van der Waals surface area contributed by atoms with Gasteiger partial charge in [0.2, 0.25) is 0 Å². The molecular weight excluding hydrogens is 336 g/mol. The fourth-order valence-electron chi connectivity index (χ4n) is 3.13. The highest BCUT2D eigenvalue weighted by molar-refractivity contribution is 7.22. The number of fused-ring (bicyclic) bond motifs is 1. The van der Waals surface area contributed by atoms with Crippen LogP contribution in [0, 0.1) is 17.0 Å². The molecule has 0 unspecified atom stereocenters. The summed E-state index contributed by atoms with van der Waals surface area (Å²) in [5, 5.41) is 11.9. The average molecular weight is 354 g/mol. The second-order valence-corrected chi connectivity index (χ2v) is 7.23. The molecule has 1 fully saturated rings. The van der Waals surface area contributed by atoms with Crippen LogP contribution < -0.4 is 9.80 Å². The molecule has 6 nitrogen and oxygen atoms in total. The van der Waals surface area contributed by atoms with Crippen LogP contribution in [0.25, 0.3) is 10.2 Å². The van der Waals surface area contributed by atoms with Crippen LogP contribution in [0.3, 0.4) is 0 Å². The smallest absolute Gasteiger partial charge is 0.270 e. The van der Waals surface area contributed by atoms with E-state index >= 15 is 0 Å². The van der Waals surface area contributed by atoms with E-state index < -0.39 is 0 Å². The van der Waals surface area contributed by atoms with E-state index in [0.29, 0.717) is 0 Å². The fourth-order valence-corrected chi connectivity index (χ4v) is 4.18. The van der Waals surface area contributed by atoms with Crippen molar-refractivity contribution in [1.29, 1.82) is 0 Å². The summed E-state index contributed by atoms with van der Waals surface area (Å²) >= 11 is 1.53. The van der Waals surface area contributed by atoms with Gasteiger partial charge in [-0.2, -0.15) is 0 Å². The quantitative estimate of drug-likeness (QED) is 0.528. The molecule has 0 radical (unpaired) electrons. The predicted molar refractivity (Wildman–Crippen MR) is 102 cm³/mol. The van der Waals surface area contributed by atoms with Crippen molar-refractivity contribution >= 4 is 38.1 Å². The van der Waals surface area contributed by atoms with Crippen LogP contribution in [0.15, 0.2) is 42.5 Å². The molecule has 25 heavy (non-hydrogen) atoms. The largest absolute Gasteiger partial charge is 0.368 e. The van der Waals surface area contributed by atoms with E-state index in [4.69, 9.17) is 0 Å². The number of aryl methyl sites for hydroxylation is 1. The lowest BCUT2D eigenvalue weighted by molar-refractivity contribution is -0.384. The van der Waals surface area contributed by atoms with E-state index in [1.54, 1.807) is 12.1 Å². The Bertz CT molecular complexity index is 932. The second-order valence-electron chi connectivity index (χ2n) is 6.22. The van der Waals surface area contributed by atoms with Gasteiger partial charge in [-0.3, -0.25) is 10.1 Å². The minimum Gasteiger partial charge on any atom is -0.368 e. The van der Waals surface area contributed by atoms with Gasteiger partial charge in [-0.25, -0.2) is 4.98 Å². The average Bonchev–Trinajstić information content (AvgIpc) is 3.05. The van der Waals surface area contributed by atoms with E-state index in [9.17, 15) is 10.1 Å². The molecule has 2 heterocycles. The topological polar surface area (TPSA) is 62.5 Å². The van der Waals surface area contributed by atoms with Gasteiger partial charge < -0.3 is 9.80 Å². The third kappa shape index (κ3) is 3.15. The van der Waals surface area contributed by atoms with Crippen molar-refractivity contribution in [3.63, 3.8) is 0 Å². The molecule has 0 saturated carbocycles. The predicted octanol–water partition coefficient (Wildman–Crippen LogP) is 3.84. The number of hydrogen-bond acceptors (Lipinski definition) is 6. The standard InChI is InChI=1S/C18H18N4O2S/c1-13-3-2-4-14(11-13)20-7-9-21(10-8-20)18-19-16-6-5-15(22(23)24)12-17(16)25-18/h2-6,11-12H,7-10H2,1H3. The summed E-state index contributed by atoms with van der Waals surface area (Å²) < 4.78 is 0.866. The van der Waals surface area contributed by atoms with Crippen LogP contribution in [0.2, 0.25) is 0 Å². The van der Waals surface area contributed by atoms with Crippen molar-refractivity contribution in [2.24, 2.45) is 0 Å². The molecule has 1 aliphatic rings. The number of nitro benzene ring substituents is 1. The SMILES string of the molecule is Cc1cccc(N2CCN(c3nc4ccc([N+](=O)[O-])cc4s3)CC2)c1. The third-order valence-corrected chi connectivity index (χ3v) is 5.57. The van der Waals surface area contributed by atoms with Crippen LogP contribution in [-0.4, -0.2) is 36.1 Å². The van der Waals surface area contributed by atoms with Crippen molar-refractivity contribution in [2.75, 3.05) is 36.0 Å². The third-order valence-electron chi connectivity index (χ3n) is 4.49. The Morgan fingerprint density at radius 3 is 2.56 bits per heavy atom. The van der Waals surface area contributed by atoms with E-state index in [1.165, 1.54) is 28.7 Å². The Hall–Kier alpha value is -2.67. The van der Waals surface area contributed by atoms with Gasteiger partial charge in [-0.1, -0.05) is 23.5 Å². The zero-order chi connectivity index (χ0) is 17.4. The Morgan fingerprint density at radius 2 is 1.84 bits per heavy atom. The van der Waals surface area contributed by atoms with Crippen molar-refractivity contribution in [1.82, 2.24) is 4.98 Å². The molecule has 1 aliphatic heterocycles. The maximum absolute atomic E-state index is 10.9. The molecule has 7 heteroatoms. The first kappa shape index (κ1) is 15.8. The lowest BCUT2D eigenvalue weighted by atomic mass is 10.2. The number of nitro groups is 1. The minimum absolute atomic E-state index is 0.118. The molecule has 1 saturated heterocycles. The normalized spacial score (nSPS) is 14.9. The molecule has 0 atom stereocenters. The van der Waals surface area contributed by atoms with Crippen LogP contribution in [0.1, 0.15) is 5.56 Å². The van der Waals surface area contributed by atoms with E-state index in [-0.39, 0.29) is 10.6 Å². The van der Waals surface area contributed by atoms with Crippen molar-refractivity contribution in [3.05, 3.63) is 58.1 Å². The monoisotopic (exact) mass is 354 g/mol. The van der Waals surface area contributed by atoms with Gasteiger partial charge in [-0.05, 0) is 30.7 Å². The van der Waals surface area contributed by atoms with Gasteiger partial charge >= 0.3 is 0 Å². The number of anilines is 2. The first-order valence-electron chi connectivity index (χ1n) is 8.22. The lowest BCUT2D eigenvalue weighted by Crippen LogP contribution is -2.46. The highest BCUT2D eigenvalue weighted by atomic mass is 32.1. The highest BCUT2D eigenvalue weighted by Gasteiger charge is 2.20. The molecule has 0 amide bonds. The van der Waals surface area contributed by atoms with Gasteiger partial charge in [-0.15, -0.1) is 0 Å². The van der Waals surface area contributed by atoms with E-state index in [1.807, 2.05) is 0 Å². The van der Waals surface area contributed by atoms with E-state index in [2.05, 4.69) is 46.0 Å². The summed E-state index contributed by atoms with van der Waals surface area (Å²) in [4.78, 5) is 19.9. The molecular formula is C18H18N4O2S. The molecule has 128 valence electrons. The molecule has 0 N–H and O–H groups in total. The summed E-state index contributed by atoms with van der Waals surface area (Å²) in [5.41, 5.74) is 3.48. The lowest BCUT2D eigenvalue weighted by Gasteiger charge is -2.36. The first-order chi connectivity index (χ1) is 12.1. The Labute approximate surface area is 149 Å². The van der Waals surface area contributed by atoms with Crippen LogP contribution in [-0.2, 0) is 0 Å². The van der Waals surface area contributed by atoms with Gasteiger partial charge in [0.1, 0.15) is 0 Å². The van der Waals surface area contributed by atoms with E-state index in [0.717, 1.165) is 41.5 Å². The number of nitrogens with zero attached hydrogens (tertiary/aromatic N) is 4. The van der Waals surface area contributed by atoms with Crippen molar-refractivity contribution in [2.45, 2.75) is 6.92 Å². The minimum atomic E-state index is -0.362. The maximum Gasteiger partial charge on any atom is 0.270 e. The van der Waals surface area contributed by atoms with Crippen LogP contribution in [0.4, 0.5) is 16.5 Å². The number of piperazine rings is 1. The molecule has 3 aromatic rings. The summed E-state index contributed by atoms with van der Waals surface area (Å²) in [6, 6.07) is 13.4. The van der Waals surface area contributed by atoms with Crippen molar-refractivity contribution in [3.8, 4) is 0 Å². The number of hydrogen-bond donors (Lipinski definition) is 0. The maximum atomic E-state index is 10.9. The van der Waals surface area contributed by atoms with Gasteiger partial charge in [0, 0.05) is 44.0 Å². The first-order valence-corrected chi connectivity index (χ1v) is 9.03. The Morgan fingerprint density at radius 1 is 1.08 bits per heavy atom. The van der Waals surface area contributed by atoms with Gasteiger partial charge in [0.15, 0.2) is 5.13 Å². The number of rotatable bonds is 3. The summed E-state index contributed by atoms with van der Waals surface area (Å²) in [5.74, 6) is 0. The van der Waals surface area contributed by atoms with Gasteiger partial charge in [0.05, 0.1) is 15.1 Å². The Balaban J connectivity index is 1.50. The zero-order valence-electron chi connectivity index (χ0n) is 13.9. The summed E-state index contributed by atoms with van der Waals surface area (Å²) in [7, 11) is 0. The summed E-state index contributed by atoms with van der Waals surface area (Å²) in [6.07, 6.45) is 0.